The lowest BCUT2D eigenvalue weighted by Gasteiger charge is -2.22. The second kappa shape index (κ2) is 11.2. The van der Waals surface area contributed by atoms with Crippen molar-refractivity contribution in [3.63, 3.8) is 0 Å². The molecule has 1 amide bonds. The largest absolute Gasteiger partial charge is 0.488 e. The highest BCUT2D eigenvalue weighted by atomic mass is 19.4. The summed E-state index contributed by atoms with van der Waals surface area (Å²) in [6.45, 7) is 3.89. The Morgan fingerprint density at radius 2 is 1.88 bits per heavy atom. The Hall–Kier alpha value is -4.77. The third-order valence-corrected chi connectivity index (χ3v) is 6.98. The number of rotatable bonds is 7. The van der Waals surface area contributed by atoms with Crippen LogP contribution < -0.4 is 9.64 Å². The SMILES string of the molecule is Cc1cc(-c2ncc3cc(C(F)(F)F)ccc3n2)ccc1N1CCOc2cn(CCOCc3ccccc3)nc2C1=O. The summed E-state index contributed by atoms with van der Waals surface area (Å²) in [5.41, 5.74) is 3.14. The van der Waals surface area contributed by atoms with Crippen molar-refractivity contribution in [2.45, 2.75) is 26.3 Å². The fraction of sp³-hybridized carbons (Fsp3) is 0.226. The van der Waals surface area contributed by atoms with Gasteiger partial charge in [-0.1, -0.05) is 30.3 Å². The van der Waals surface area contributed by atoms with Crippen LogP contribution in [0.4, 0.5) is 18.9 Å². The molecular formula is C31H26F3N5O3. The maximum absolute atomic E-state index is 13.6. The topological polar surface area (TPSA) is 82.4 Å². The van der Waals surface area contributed by atoms with Crippen LogP contribution in [-0.4, -0.2) is 45.4 Å². The van der Waals surface area contributed by atoms with Crippen LogP contribution in [0.15, 0.2) is 79.1 Å². The van der Waals surface area contributed by atoms with Crippen LogP contribution in [0.1, 0.15) is 27.2 Å². The molecule has 2 aromatic heterocycles. The second-order valence-corrected chi connectivity index (χ2v) is 9.91. The van der Waals surface area contributed by atoms with Crippen molar-refractivity contribution >= 4 is 22.5 Å². The zero-order valence-corrected chi connectivity index (χ0v) is 22.6. The molecule has 8 nitrogen and oxygen atoms in total. The van der Waals surface area contributed by atoms with Gasteiger partial charge in [0.05, 0.1) is 43.6 Å². The van der Waals surface area contributed by atoms with Gasteiger partial charge in [0.15, 0.2) is 17.3 Å². The van der Waals surface area contributed by atoms with E-state index in [1.54, 1.807) is 21.8 Å². The van der Waals surface area contributed by atoms with Gasteiger partial charge in [0.1, 0.15) is 6.61 Å². The molecule has 0 saturated carbocycles. The molecule has 0 spiro atoms. The quantitative estimate of drug-likeness (QED) is 0.220. The Labute approximate surface area is 239 Å². The van der Waals surface area contributed by atoms with Crippen LogP contribution >= 0.6 is 0 Å². The van der Waals surface area contributed by atoms with E-state index in [-0.39, 0.29) is 11.6 Å². The zero-order chi connectivity index (χ0) is 29.3. The summed E-state index contributed by atoms with van der Waals surface area (Å²) in [4.78, 5) is 23.9. The number of fused-ring (bicyclic) bond motifs is 2. The van der Waals surface area contributed by atoms with Gasteiger partial charge in [0, 0.05) is 22.8 Å². The van der Waals surface area contributed by atoms with Gasteiger partial charge in [-0.15, -0.1) is 0 Å². The van der Waals surface area contributed by atoms with E-state index >= 15 is 0 Å². The van der Waals surface area contributed by atoms with Gasteiger partial charge in [-0.3, -0.25) is 9.48 Å². The first kappa shape index (κ1) is 27.4. The van der Waals surface area contributed by atoms with Crippen LogP contribution in [-0.2, 0) is 24.1 Å². The minimum atomic E-state index is -4.44. The van der Waals surface area contributed by atoms with E-state index in [0.29, 0.717) is 66.6 Å². The molecular weight excluding hydrogens is 547 g/mol. The molecule has 214 valence electrons. The summed E-state index contributed by atoms with van der Waals surface area (Å²) in [6.07, 6.45) is -1.34. The number of carbonyl (C=O) groups is 1. The number of nitrogens with zero attached hydrogens (tertiary/aromatic N) is 5. The molecule has 0 saturated heterocycles. The molecule has 3 aromatic carbocycles. The molecule has 6 rings (SSSR count). The molecule has 0 N–H and O–H groups in total. The highest BCUT2D eigenvalue weighted by Crippen LogP contribution is 2.33. The number of aromatic nitrogens is 4. The number of ether oxygens (including phenoxy) is 2. The fourth-order valence-electron chi connectivity index (χ4n) is 4.85. The average Bonchev–Trinajstić information content (AvgIpc) is 3.33. The molecule has 11 heteroatoms. The van der Waals surface area contributed by atoms with E-state index in [1.165, 1.54) is 12.3 Å². The van der Waals surface area contributed by atoms with Crippen molar-refractivity contribution in [1.29, 1.82) is 0 Å². The number of alkyl halides is 3. The third kappa shape index (κ3) is 5.68. The number of hydrogen-bond acceptors (Lipinski definition) is 6. The average molecular weight is 574 g/mol. The molecule has 42 heavy (non-hydrogen) atoms. The fourth-order valence-corrected chi connectivity index (χ4v) is 4.85. The standard InChI is InChI=1S/C31H26F3N5O3/c1-20-15-22(29-35-17-23-16-24(31(32,33)34)8-9-25(23)36-29)7-10-26(20)39-12-14-42-27-18-38(37-28(27)30(39)40)11-13-41-19-21-5-3-2-4-6-21/h2-10,15-18H,11-14,19H2,1H3. The smallest absolute Gasteiger partial charge is 0.416 e. The molecule has 0 fully saturated rings. The highest BCUT2D eigenvalue weighted by Gasteiger charge is 2.31. The van der Waals surface area contributed by atoms with Gasteiger partial charge in [-0.05, 0) is 54.4 Å². The maximum Gasteiger partial charge on any atom is 0.416 e. The van der Waals surface area contributed by atoms with Crippen molar-refractivity contribution < 1.29 is 27.4 Å². The van der Waals surface area contributed by atoms with Crippen molar-refractivity contribution in [1.82, 2.24) is 19.7 Å². The third-order valence-electron chi connectivity index (χ3n) is 6.98. The molecule has 0 aliphatic carbocycles. The van der Waals surface area contributed by atoms with Crippen molar-refractivity contribution in [2.75, 3.05) is 24.7 Å². The summed E-state index contributed by atoms with van der Waals surface area (Å²) >= 11 is 0. The van der Waals surface area contributed by atoms with Crippen LogP contribution in [0.2, 0.25) is 0 Å². The number of carbonyl (C=O) groups excluding carboxylic acids is 1. The van der Waals surface area contributed by atoms with Crippen LogP contribution in [0, 0.1) is 6.92 Å². The molecule has 0 radical (unpaired) electrons. The normalized spacial score (nSPS) is 13.6. The number of hydrogen-bond donors (Lipinski definition) is 0. The second-order valence-electron chi connectivity index (χ2n) is 9.91. The van der Waals surface area contributed by atoms with Gasteiger partial charge in [-0.2, -0.15) is 18.3 Å². The van der Waals surface area contributed by atoms with Gasteiger partial charge in [0.2, 0.25) is 0 Å². The molecule has 1 aliphatic rings. The lowest BCUT2D eigenvalue weighted by atomic mass is 10.1. The number of benzene rings is 3. The minimum Gasteiger partial charge on any atom is -0.488 e. The lowest BCUT2D eigenvalue weighted by Crippen LogP contribution is -2.33. The number of aryl methyl sites for hydroxylation is 1. The number of anilines is 1. The van der Waals surface area contributed by atoms with Gasteiger partial charge < -0.3 is 14.4 Å². The summed E-state index contributed by atoms with van der Waals surface area (Å²) in [6, 6.07) is 18.7. The zero-order valence-electron chi connectivity index (χ0n) is 22.6. The molecule has 0 unspecified atom stereocenters. The summed E-state index contributed by atoms with van der Waals surface area (Å²) in [5.74, 6) is 0.528. The van der Waals surface area contributed by atoms with E-state index in [9.17, 15) is 18.0 Å². The summed E-state index contributed by atoms with van der Waals surface area (Å²) in [7, 11) is 0. The van der Waals surface area contributed by atoms with Crippen molar-refractivity contribution in [2.24, 2.45) is 0 Å². The van der Waals surface area contributed by atoms with Gasteiger partial charge >= 0.3 is 6.18 Å². The van der Waals surface area contributed by atoms with Gasteiger partial charge in [0.25, 0.3) is 5.91 Å². The predicted molar refractivity (Wildman–Crippen MR) is 150 cm³/mol. The Kier molecular flexibility index (Phi) is 7.34. The van der Waals surface area contributed by atoms with E-state index in [4.69, 9.17) is 9.47 Å². The van der Waals surface area contributed by atoms with E-state index in [1.807, 2.05) is 49.4 Å². The van der Waals surface area contributed by atoms with E-state index in [0.717, 1.165) is 23.3 Å². The number of halogens is 3. The minimum absolute atomic E-state index is 0.232. The molecule has 3 heterocycles. The van der Waals surface area contributed by atoms with Gasteiger partial charge in [-0.25, -0.2) is 9.97 Å². The van der Waals surface area contributed by atoms with Crippen molar-refractivity contribution in [3.05, 3.63) is 102 Å². The monoisotopic (exact) mass is 573 g/mol. The van der Waals surface area contributed by atoms with Crippen LogP contribution in [0.3, 0.4) is 0 Å². The molecule has 0 atom stereocenters. The van der Waals surface area contributed by atoms with E-state index in [2.05, 4.69) is 15.1 Å². The van der Waals surface area contributed by atoms with E-state index < -0.39 is 11.7 Å². The highest BCUT2D eigenvalue weighted by molar-refractivity contribution is 6.07. The predicted octanol–water partition coefficient (Wildman–Crippen LogP) is 6.08. The lowest BCUT2D eigenvalue weighted by molar-refractivity contribution is -0.137. The Morgan fingerprint density at radius 3 is 2.67 bits per heavy atom. The summed E-state index contributed by atoms with van der Waals surface area (Å²) in [5, 5.41) is 4.79. The summed E-state index contributed by atoms with van der Waals surface area (Å²) < 4.78 is 52.4. The Balaban J connectivity index is 1.17. The molecule has 5 aromatic rings. The number of amides is 1. The first-order valence-electron chi connectivity index (χ1n) is 13.3. The Bertz CT molecular complexity index is 1750. The first-order chi connectivity index (χ1) is 20.3. The molecule has 1 aliphatic heterocycles. The Morgan fingerprint density at radius 1 is 1.05 bits per heavy atom. The maximum atomic E-state index is 13.6. The van der Waals surface area contributed by atoms with Crippen LogP contribution in [0.5, 0.6) is 5.75 Å². The molecule has 0 bridgehead atoms. The van der Waals surface area contributed by atoms with Crippen molar-refractivity contribution in [3.8, 4) is 17.1 Å². The first-order valence-corrected chi connectivity index (χ1v) is 13.3. The van der Waals surface area contributed by atoms with Crippen LogP contribution in [0.25, 0.3) is 22.3 Å².